The summed E-state index contributed by atoms with van der Waals surface area (Å²) in [7, 11) is 0. The van der Waals surface area contributed by atoms with Crippen LogP contribution in [0.1, 0.15) is 60.3 Å². The molecule has 0 unspecified atom stereocenters. The van der Waals surface area contributed by atoms with E-state index in [0.29, 0.717) is 26.4 Å². The van der Waals surface area contributed by atoms with Gasteiger partial charge in [-0.3, -0.25) is 4.79 Å². The molecule has 0 saturated heterocycles. The third kappa shape index (κ3) is 10.7. The molecule has 0 aliphatic heterocycles. The lowest BCUT2D eigenvalue weighted by molar-refractivity contribution is -0.126. The van der Waals surface area contributed by atoms with E-state index in [-0.39, 0.29) is 17.9 Å². The van der Waals surface area contributed by atoms with Crippen molar-refractivity contribution >= 4 is 5.91 Å². The average Bonchev–Trinajstić information content (AvgIpc) is 2.48. The molecule has 1 N–H and O–H groups in total. The van der Waals surface area contributed by atoms with Crippen LogP contribution >= 0.6 is 0 Å². The monoisotopic (exact) mass is 301 g/mol. The van der Waals surface area contributed by atoms with E-state index in [4.69, 9.17) is 9.47 Å². The standard InChI is InChI=1S/C15H29NO3.C2H6/c1-12(2)19-11-10-18-9-8-16-15(17)14-6-4-13(3)5-7-14;1-2/h12-14H,4-11H2,1-3H3,(H,16,17);1-2H3. The molecule has 1 fully saturated rings. The number of hydrogen-bond donors (Lipinski definition) is 1. The van der Waals surface area contributed by atoms with Gasteiger partial charge in [-0.25, -0.2) is 0 Å². The Morgan fingerprint density at radius 1 is 1.10 bits per heavy atom. The van der Waals surface area contributed by atoms with Crippen LogP contribution in [0.5, 0.6) is 0 Å². The van der Waals surface area contributed by atoms with Crippen molar-refractivity contribution in [1.82, 2.24) is 5.32 Å². The van der Waals surface area contributed by atoms with Gasteiger partial charge in [0.15, 0.2) is 0 Å². The highest BCUT2D eigenvalue weighted by atomic mass is 16.5. The van der Waals surface area contributed by atoms with Crippen molar-refractivity contribution < 1.29 is 14.3 Å². The molecule has 4 nitrogen and oxygen atoms in total. The van der Waals surface area contributed by atoms with E-state index in [9.17, 15) is 4.79 Å². The highest BCUT2D eigenvalue weighted by Gasteiger charge is 2.23. The number of nitrogens with one attached hydrogen (secondary N) is 1. The van der Waals surface area contributed by atoms with E-state index in [1.54, 1.807) is 0 Å². The van der Waals surface area contributed by atoms with E-state index in [1.165, 1.54) is 12.8 Å². The predicted octanol–water partition coefficient (Wildman–Crippen LogP) is 3.40. The van der Waals surface area contributed by atoms with Gasteiger partial charge < -0.3 is 14.8 Å². The second-order valence-electron chi connectivity index (χ2n) is 5.78. The number of hydrogen-bond acceptors (Lipinski definition) is 3. The SMILES string of the molecule is CC.CC1CCC(C(=O)NCCOCCOC(C)C)CC1. The molecule has 0 aromatic carbocycles. The van der Waals surface area contributed by atoms with E-state index in [1.807, 2.05) is 27.7 Å². The first kappa shape index (κ1) is 20.4. The Labute approximate surface area is 131 Å². The van der Waals surface area contributed by atoms with Gasteiger partial charge in [0, 0.05) is 12.5 Å². The summed E-state index contributed by atoms with van der Waals surface area (Å²) in [5.74, 6) is 1.21. The van der Waals surface area contributed by atoms with E-state index >= 15 is 0 Å². The van der Waals surface area contributed by atoms with Gasteiger partial charge >= 0.3 is 0 Å². The minimum Gasteiger partial charge on any atom is -0.377 e. The van der Waals surface area contributed by atoms with Gasteiger partial charge in [0.2, 0.25) is 5.91 Å². The number of ether oxygens (including phenoxy) is 2. The summed E-state index contributed by atoms with van der Waals surface area (Å²) >= 11 is 0. The smallest absolute Gasteiger partial charge is 0.223 e. The Bertz CT molecular complexity index is 248. The molecule has 0 bridgehead atoms. The summed E-state index contributed by atoms with van der Waals surface area (Å²) < 4.78 is 10.8. The summed E-state index contributed by atoms with van der Waals surface area (Å²) in [4.78, 5) is 11.9. The Kier molecular flexibility index (Phi) is 12.7. The summed E-state index contributed by atoms with van der Waals surface area (Å²) in [6, 6.07) is 0. The fourth-order valence-electron chi connectivity index (χ4n) is 2.36. The van der Waals surface area contributed by atoms with Crippen molar-refractivity contribution in [2.24, 2.45) is 11.8 Å². The van der Waals surface area contributed by atoms with Crippen molar-refractivity contribution in [3.05, 3.63) is 0 Å². The van der Waals surface area contributed by atoms with Crippen LogP contribution in [0.3, 0.4) is 0 Å². The highest BCUT2D eigenvalue weighted by molar-refractivity contribution is 5.78. The van der Waals surface area contributed by atoms with E-state index < -0.39 is 0 Å². The van der Waals surface area contributed by atoms with Crippen LogP contribution in [0.15, 0.2) is 0 Å². The number of amides is 1. The summed E-state index contributed by atoms with van der Waals surface area (Å²) in [6.07, 6.45) is 4.69. The zero-order chi connectivity index (χ0) is 16.1. The maximum absolute atomic E-state index is 11.9. The van der Waals surface area contributed by atoms with Crippen molar-refractivity contribution in [3.63, 3.8) is 0 Å². The first-order valence-electron chi connectivity index (χ1n) is 8.56. The average molecular weight is 301 g/mol. The molecule has 1 aliphatic rings. The molecule has 0 heterocycles. The third-order valence-electron chi connectivity index (χ3n) is 3.61. The normalized spacial score (nSPS) is 21.6. The van der Waals surface area contributed by atoms with Crippen LogP contribution in [0.4, 0.5) is 0 Å². The second-order valence-corrected chi connectivity index (χ2v) is 5.78. The van der Waals surface area contributed by atoms with Gasteiger partial charge in [-0.05, 0) is 45.4 Å². The van der Waals surface area contributed by atoms with Crippen LogP contribution in [0, 0.1) is 11.8 Å². The van der Waals surface area contributed by atoms with Crippen LogP contribution in [0.2, 0.25) is 0 Å². The summed E-state index contributed by atoms with van der Waals surface area (Å²) in [5, 5.41) is 2.96. The molecule has 1 amide bonds. The first-order chi connectivity index (χ1) is 10.1. The largest absolute Gasteiger partial charge is 0.377 e. The molecule has 1 aliphatic carbocycles. The van der Waals surface area contributed by atoms with Crippen LogP contribution < -0.4 is 5.32 Å². The molecule has 0 atom stereocenters. The summed E-state index contributed by atoms with van der Waals surface area (Å²) in [6.45, 7) is 12.7. The molecule has 0 spiro atoms. The first-order valence-corrected chi connectivity index (χ1v) is 8.56. The maximum Gasteiger partial charge on any atom is 0.223 e. The van der Waals surface area contributed by atoms with Crippen molar-refractivity contribution in [2.75, 3.05) is 26.4 Å². The fraction of sp³-hybridized carbons (Fsp3) is 0.941. The molecule has 0 aromatic heterocycles. The minimum absolute atomic E-state index is 0.203. The molecule has 1 saturated carbocycles. The predicted molar refractivity (Wildman–Crippen MR) is 87.4 cm³/mol. The number of rotatable bonds is 8. The maximum atomic E-state index is 11.9. The number of carbonyl (C=O) groups is 1. The van der Waals surface area contributed by atoms with Crippen molar-refractivity contribution in [2.45, 2.75) is 66.4 Å². The fourth-order valence-corrected chi connectivity index (χ4v) is 2.36. The topological polar surface area (TPSA) is 47.6 Å². The quantitative estimate of drug-likeness (QED) is 0.699. The van der Waals surface area contributed by atoms with Gasteiger partial charge in [0.05, 0.1) is 25.9 Å². The van der Waals surface area contributed by atoms with Crippen LogP contribution in [-0.2, 0) is 14.3 Å². The molecule has 21 heavy (non-hydrogen) atoms. The Morgan fingerprint density at radius 3 is 2.29 bits per heavy atom. The van der Waals surface area contributed by atoms with Gasteiger partial charge in [-0.1, -0.05) is 20.8 Å². The van der Waals surface area contributed by atoms with E-state index in [2.05, 4.69) is 12.2 Å². The molecular formula is C17H35NO3. The minimum atomic E-state index is 0.203. The molecule has 0 radical (unpaired) electrons. The highest BCUT2D eigenvalue weighted by Crippen LogP contribution is 2.28. The number of carbonyl (C=O) groups excluding carboxylic acids is 1. The molecular weight excluding hydrogens is 266 g/mol. The van der Waals surface area contributed by atoms with E-state index in [0.717, 1.165) is 18.8 Å². The van der Waals surface area contributed by atoms with Gasteiger partial charge in [0.25, 0.3) is 0 Å². The van der Waals surface area contributed by atoms with Crippen LogP contribution in [0.25, 0.3) is 0 Å². The Balaban J connectivity index is 0.00000191. The third-order valence-corrected chi connectivity index (χ3v) is 3.61. The molecule has 1 rings (SSSR count). The zero-order valence-corrected chi connectivity index (χ0v) is 14.6. The molecule has 4 heteroatoms. The zero-order valence-electron chi connectivity index (χ0n) is 14.6. The van der Waals surface area contributed by atoms with Gasteiger partial charge in [-0.2, -0.15) is 0 Å². The molecule has 126 valence electrons. The second kappa shape index (κ2) is 13.1. The van der Waals surface area contributed by atoms with Crippen LogP contribution in [-0.4, -0.2) is 38.4 Å². The van der Waals surface area contributed by atoms with Crippen molar-refractivity contribution in [1.29, 1.82) is 0 Å². The lowest BCUT2D eigenvalue weighted by Gasteiger charge is -2.25. The Hall–Kier alpha value is -0.610. The summed E-state index contributed by atoms with van der Waals surface area (Å²) in [5.41, 5.74) is 0. The lowest BCUT2D eigenvalue weighted by Crippen LogP contribution is -2.35. The lowest BCUT2D eigenvalue weighted by atomic mass is 9.82. The van der Waals surface area contributed by atoms with Gasteiger partial charge in [0.1, 0.15) is 0 Å². The van der Waals surface area contributed by atoms with Gasteiger partial charge in [-0.15, -0.1) is 0 Å². The van der Waals surface area contributed by atoms with Crippen molar-refractivity contribution in [3.8, 4) is 0 Å². The molecule has 0 aromatic rings. The Morgan fingerprint density at radius 2 is 1.71 bits per heavy atom.